The molecule has 1 aromatic carbocycles. The number of sulfonamides is 1. The number of phenols is 1. The first-order valence-corrected chi connectivity index (χ1v) is 8.81. The summed E-state index contributed by atoms with van der Waals surface area (Å²) in [6.07, 6.45) is 1.98. The van der Waals surface area contributed by atoms with Crippen LogP contribution < -0.4 is 4.72 Å². The Kier molecular flexibility index (Phi) is 4.45. The van der Waals surface area contributed by atoms with Crippen LogP contribution in [0.3, 0.4) is 0 Å². The second-order valence-electron chi connectivity index (χ2n) is 5.13. The Hall–Kier alpha value is -1.32. The average Bonchev–Trinajstić information content (AvgIpc) is 2.84. The third-order valence-corrected chi connectivity index (χ3v) is 6.33. The van der Waals surface area contributed by atoms with Crippen LogP contribution in [0.25, 0.3) is 0 Å². The summed E-state index contributed by atoms with van der Waals surface area (Å²) in [6.45, 7) is 2.27. The minimum Gasteiger partial charge on any atom is -0.502 e. The van der Waals surface area contributed by atoms with Gasteiger partial charge < -0.3 is 5.11 Å². The predicted octanol–water partition coefficient (Wildman–Crippen LogP) is 1.86. The number of thioether (sulfide) groups is 1. The van der Waals surface area contributed by atoms with E-state index in [-0.39, 0.29) is 16.2 Å². The average molecular weight is 332 g/mol. The van der Waals surface area contributed by atoms with E-state index in [9.17, 15) is 23.6 Å². The lowest BCUT2D eigenvalue weighted by Crippen LogP contribution is -2.36. The molecular formula is C12H16N2O5S2. The highest BCUT2D eigenvalue weighted by Gasteiger charge is 2.31. The van der Waals surface area contributed by atoms with E-state index in [0.717, 1.165) is 36.8 Å². The molecule has 7 nitrogen and oxygen atoms in total. The maximum Gasteiger partial charge on any atom is 0.312 e. The lowest BCUT2D eigenvalue weighted by Gasteiger charge is -2.22. The molecule has 1 aliphatic rings. The minimum absolute atomic E-state index is 0.143. The summed E-state index contributed by atoms with van der Waals surface area (Å²) in [7, 11) is -3.84. The summed E-state index contributed by atoms with van der Waals surface area (Å²) >= 11 is 1.72. The van der Waals surface area contributed by atoms with Crippen LogP contribution in [0.1, 0.15) is 19.8 Å². The SMILES string of the molecule is CC1(CNS(=O)(=O)c2ccc(O)c([N+](=O)[O-])c2)CCCS1. The second-order valence-corrected chi connectivity index (χ2v) is 8.58. The van der Waals surface area contributed by atoms with Gasteiger partial charge in [0.25, 0.3) is 0 Å². The Balaban J connectivity index is 2.19. The molecule has 1 unspecified atom stereocenters. The summed E-state index contributed by atoms with van der Waals surface area (Å²) < 4.78 is 26.7. The molecule has 0 amide bonds. The molecule has 0 spiro atoms. The van der Waals surface area contributed by atoms with Gasteiger partial charge in [0.05, 0.1) is 9.82 Å². The van der Waals surface area contributed by atoms with Crippen molar-refractivity contribution in [1.29, 1.82) is 0 Å². The fraction of sp³-hybridized carbons (Fsp3) is 0.500. The summed E-state index contributed by atoms with van der Waals surface area (Å²) in [6, 6.07) is 3.02. The monoisotopic (exact) mass is 332 g/mol. The molecule has 2 N–H and O–H groups in total. The number of nitro groups is 1. The fourth-order valence-corrected chi connectivity index (χ4v) is 4.65. The number of nitro benzene ring substituents is 1. The molecule has 0 aliphatic carbocycles. The Bertz CT molecular complexity index is 654. The predicted molar refractivity (Wildman–Crippen MR) is 80.0 cm³/mol. The fourth-order valence-electron chi connectivity index (χ4n) is 2.12. The molecule has 1 fully saturated rings. The highest BCUT2D eigenvalue weighted by atomic mass is 32.2. The van der Waals surface area contributed by atoms with Crippen LogP contribution in [0.15, 0.2) is 23.1 Å². The van der Waals surface area contributed by atoms with E-state index in [1.807, 2.05) is 6.92 Å². The van der Waals surface area contributed by atoms with Crippen LogP contribution in [-0.4, -0.2) is 35.5 Å². The number of nitrogens with zero attached hydrogens (tertiary/aromatic N) is 1. The maximum absolute atomic E-state index is 12.2. The number of hydrogen-bond acceptors (Lipinski definition) is 6. The van der Waals surface area contributed by atoms with Gasteiger partial charge in [0.2, 0.25) is 10.0 Å². The summed E-state index contributed by atoms with van der Waals surface area (Å²) in [5.74, 6) is 0.445. The minimum atomic E-state index is -3.84. The quantitative estimate of drug-likeness (QED) is 0.629. The molecule has 9 heteroatoms. The van der Waals surface area contributed by atoms with Gasteiger partial charge in [-0.3, -0.25) is 10.1 Å². The third kappa shape index (κ3) is 3.66. The molecule has 0 radical (unpaired) electrons. The maximum atomic E-state index is 12.2. The van der Waals surface area contributed by atoms with Gasteiger partial charge in [0.1, 0.15) is 0 Å². The lowest BCUT2D eigenvalue weighted by atomic mass is 10.1. The summed E-state index contributed by atoms with van der Waals surface area (Å²) in [5, 5.41) is 20.1. The van der Waals surface area contributed by atoms with Crippen LogP contribution in [0.4, 0.5) is 5.69 Å². The highest BCUT2D eigenvalue weighted by molar-refractivity contribution is 8.01. The molecule has 1 aromatic rings. The number of aromatic hydroxyl groups is 1. The Labute approximate surface area is 126 Å². The number of nitrogens with one attached hydrogen (secondary N) is 1. The topological polar surface area (TPSA) is 110 Å². The first kappa shape index (κ1) is 16.1. The Morgan fingerprint density at radius 1 is 1.52 bits per heavy atom. The van der Waals surface area contributed by atoms with E-state index in [1.165, 1.54) is 0 Å². The summed E-state index contributed by atoms with van der Waals surface area (Å²) in [4.78, 5) is 9.71. The van der Waals surface area contributed by atoms with Crippen molar-refractivity contribution in [2.24, 2.45) is 0 Å². The zero-order valence-corrected chi connectivity index (χ0v) is 13.0. The van der Waals surface area contributed by atoms with Crippen molar-refractivity contribution in [1.82, 2.24) is 4.72 Å². The summed E-state index contributed by atoms with van der Waals surface area (Å²) in [5.41, 5.74) is -0.626. The van der Waals surface area contributed by atoms with Crippen LogP contribution in [0, 0.1) is 10.1 Å². The normalized spacial score (nSPS) is 22.3. The smallest absolute Gasteiger partial charge is 0.312 e. The van der Waals surface area contributed by atoms with Crippen LogP contribution >= 0.6 is 11.8 Å². The van der Waals surface area contributed by atoms with Gasteiger partial charge >= 0.3 is 5.69 Å². The van der Waals surface area contributed by atoms with Crippen molar-refractivity contribution in [3.8, 4) is 5.75 Å². The number of phenolic OH excluding ortho intramolecular Hbond substituents is 1. The van der Waals surface area contributed by atoms with Crippen molar-refractivity contribution >= 4 is 27.5 Å². The van der Waals surface area contributed by atoms with Crippen molar-refractivity contribution in [2.75, 3.05) is 12.3 Å². The van der Waals surface area contributed by atoms with E-state index in [0.29, 0.717) is 0 Å². The van der Waals surface area contributed by atoms with Crippen molar-refractivity contribution in [3.63, 3.8) is 0 Å². The van der Waals surface area contributed by atoms with E-state index < -0.39 is 26.4 Å². The van der Waals surface area contributed by atoms with Crippen LogP contribution in [0.5, 0.6) is 5.75 Å². The molecular weight excluding hydrogens is 316 g/mol. The molecule has 21 heavy (non-hydrogen) atoms. The van der Waals surface area contributed by atoms with Gasteiger partial charge in [-0.25, -0.2) is 13.1 Å². The first-order valence-electron chi connectivity index (χ1n) is 6.35. The molecule has 116 valence electrons. The second kappa shape index (κ2) is 5.82. The largest absolute Gasteiger partial charge is 0.502 e. The molecule has 2 rings (SSSR count). The van der Waals surface area contributed by atoms with Crippen molar-refractivity contribution in [2.45, 2.75) is 29.4 Å². The van der Waals surface area contributed by atoms with Gasteiger partial charge in [-0.15, -0.1) is 0 Å². The molecule has 0 bridgehead atoms. The van der Waals surface area contributed by atoms with Gasteiger partial charge in [0.15, 0.2) is 5.75 Å². The molecule has 1 aliphatic heterocycles. The number of benzene rings is 1. The number of hydrogen-bond donors (Lipinski definition) is 2. The number of rotatable bonds is 5. The van der Waals surface area contributed by atoms with Gasteiger partial charge in [-0.2, -0.15) is 11.8 Å². The van der Waals surface area contributed by atoms with E-state index in [4.69, 9.17) is 0 Å². The van der Waals surface area contributed by atoms with Gasteiger partial charge in [-0.05, 0) is 37.7 Å². The molecule has 0 saturated carbocycles. The van der Waals surface area contributed by atoms with Gasteiger partial charge in [-0.1, -0.05) is 0 Å². The van der Waals surface area contributed by atoms with Crippen LogP contribution in [-0.2, 0) is 10.0 Å². The van der Waals surface area contributed by atoms with Crippen molar-refractivity contribution < 1.29 is 18.4 Å². The van der Waals surface area contributed by atoms with E-state index in [2.05, 4.69) is 4.72 Å². The third-order valence-electron chi connectivity index (χ3n) is 3.39. The molecule has 1 saturated heterocycles. The standard InChI is InChI=1S/C12H16N2O5S2/c1-12(5-2-6-20-12)8-13-21(18,19)9-3-4-11(15)10(7-9)14(16)17/h3-4,7,13,15H,2,5-6,8H2,1H3. The Morgan fingerprint density at radius 3 is 2.81 bits per heavy atom. The first-order chi connectivity index (χ1) is 9.73. The zero-order valence-electron chi connectivity index (χ0n) is 11.4. The lowest BCUT2D eigenvalue weighted by molar-refractivity contribution is -0.386. The van der Waals surface area contributed by atoms with E-state index >= 15 is 0 Å². The Morgan fingerprint density at radius 2 is 2.24 bits per heavy atom. The molecule has 1 atom stereocenters. The zero-order chi connectivity index (χ0) is 15.7. The van der Waals surface area contributed by atoms with Gasteiger partial charge in [0, 0.05) is 17.4 Å². The van der Waals surface area contributed by atoms with Crippen molar-refractivity contribution in [3.05, 3.63) is 28.3 Å². The van der Waals surface area contributed by atoms with Crippen LogP contribution in [0.2, 0.25) is 0 Å². The van der Waals surface area contributed by atoms with E-state index in [1.54, 1.807) is 11.8 Å². The molecule has 0 aromatic heterocycles. The molecule has 1 heterocycles. The highest BCUT2D eigenvalue weighted by Crippen LogP contribution is 2.37.